The predicted molar refractivity (Wildman–Crippen MR) is 141 cm³/mol. The van der Waals surface area contributed by atoms with Crippen molar-refractivity contribution < 1.29 is 4.79 Å². The first kappa shape index (κ1) is 22.3. The number of nitrogens with one attached hydrogen (secondary N) is 2. The summed E-state index contributed by atoms with van der Waals surface area (Å²) in [7, 11) is 3.27. The molecule has 0 aliphatic heterocycles. The summed E-state index contributed by atoms with van der Waals surface area (Å²) >= 11 is 0. The van der Waals surface area contributed by atoms with Gasteiger partial charge in [0.05, 0.1) is 28.3 Å². The van der Waals surface area contributed by atoms with Gasteiger partial charge in [-0.05, 0) is 35.9 Å². The van der Waals surface area contributed by atoms with Crippen LogP contribution in [0.2, 0.25) is 0 Å². The topological polar surface area (TPSA) is 146 Å². The lowest BCUT2D eigenvalue weighted by molar-refractivity contribution is 0.224. The maximum Gasteiger partial charge on any atom is 0.338 e. The SMILES string of the molecule is CN(C)C(=O)N(N)c1cncc(-c2cnc3n[nH]c(-c4nc5c(-c6ccncc6)cccc5[nH]4)c3c2)c1. The van der Waals surface area contributed by atoms with E-state index in [4.69, 9.17) is 10.8 Å². The number of rotatable bonds is 4. The van der Waals surface area contributed by atoms with E-state index in [9.17, 15) is 4.79 Å². The van der Waals surface area contributed by atoms with E-state index in [1.54, 1.807) is 44.9 Å². The number of fused-ring (bicyclic) bond motifs is 2. The maximum atomic E-state index is 12.3. The summed E-state index contributed by atoms with van der Waals surface area (Å²) in [5, 5.41) is 9.30. The van der Waals surface area contributed by atoms with Crippen molar-refractivity contribution in [2.45, 2.75) is 0 Å². The standard InChI is InChI=1S/C26H22N10O/c1-35(2)26(37)36(27)18-10-16(12-29-14-18)17-11-20-23(33-34-24(20)30-13-17)25-31-21-5-3-4-19(22(21)32-25)15-6-8-28-9-7-15/h3-14H,27H2,1-2H3,(H,31,32)(H,30,33,34). The minimum Gasteiger partial charge on any atom is -0.337 e. The number of hydrogen-bond acceptors (Lipinski definition) is 7. The first-order chi connectivity index (χ1) is 18.0. The fourth-order valence-corrected chi connectivity index (χ4v) is 4.20. The second kappa shape index (κ2) is 8.81. The molecule has 11 heteroatoms. The third-order valence-electron chi connectivity index (χ3n) is 6.07. The Kier molecular flexibility index (Phi) is 5.31. The quantitative estimate of drug-likeness (QED) is 0.192. The first-order valence-corrected chi connectivity index (χ1v) is 11.4. The second-order valence-corrected chi connectivity index (χ2v) is 8.70. The van der Waals surface area contributed by atoms with Gasteiger partial charge in [-0.1, -0.05) is 12.1 Å². The largest absolute Gasteiger partial charge is 0.338 e. The van der Waals surface area contributed by atoms with Gasteiger partial charge in [-0.25, -0.2) is 25.6 Å². The number of benzene rings is 1. The van der Waals surface area contributed by atoms with Crippen molar-refractivity contribution in [3.8, 4) is 33.8 Å². The average Bonchev–Trinajstić information content (AvgIpc) is 3.56. The Morgan fingerprint density at radius 3 is 2.57 bits per heavy atom. The summed E-state index contributed by atoms with van der Waals surface area (Å²) in [4.78, 5) is 34.9. The summed E-state index contributed by atoms with van der Waals surface area (Å²) in [5.41, 5.74) is 7.08. The van der Waals surface area contributed by atoms with Crippen LogP contribution in [0.1, 0.15) is 0 Å². The predicted octanol–water partition coefficient (Wildman–Crippen LogP) is 3.99. The molecule has 37 heavy (non-hydrogen) atoms. The Bertz CT molecular complexity index is 1760. The third kappa shape index (κ3) is 3.93. The average molecular weight is 491 g/mol. The van der Waals surface area contributed by atoms with Gasteiger partial charge >= 0.3 is 6.03 Å². The van der Waals surface area contributed by atoms with Crippen LogP contribution in [0.4, 0.5) is 10.5 Å². The molecule has 6 aromatic rings. The summed E-state index contributed by atoms with van der Waals surface area (Å²) in [5.74, 6) is 6.65. The van der Waals surface area contributed by atoms with Crippen molar-refractivity contribution in [3.63, 3.8) is 0 Å². The zero-order valence-electron chi connectivity index (χ0n) is 20.0. The molecule has 0 saturated heterocycles. The van der Waals surface area contributed by atoms with Gasteiger partial charge in [-0.15, -0.1) is 0 Å². The number of amides is 2. The van der Waals surface area contributed by atoms with Crippen molar-refractivity contribution in [3.05, 3.63) is 73.4 Å². The molecule has 11 nitrogen and oxygen atoms in total. The third-order valence-corrected chi connectivity index (χ3v) is 6.07. The molecule has 4 N–H and O–H groups in total. The number of nitrogens with two attached hydrogens (primary N) is 1. The molecular weight excluding hydrogens is 468 g/mol. The molecule has 5 aromatic heterocycles. The highest BCUT2D eigenvalue weighted by molar-refractivity contribution is 5.97. The fraction of sp³-hybridized carbons (Fsp3) is 0.0769. The number of pyridine rings is 3. The Hall–Kier alpha value is -5.16. The number of anilines is 1. The number of urea groups is 1. The van der Waals surface area contributed by atoms with Crippen LogP contribution in [0.3, 0.4) is 0 Å². The first-order valence-electron chi connectivity index (χ1n) is 11.4. The molecule has 0 atom stereocenters. The number of aromatic nitrogens is 7. The van der Waals surface area contributed by atoms with Crippen LogP contribution in [0.5, 0.6) is 0 Å². The summed E-state index contributed by atoms with van der Waals surface area (Å²) in [6.07, 6.45) is 8.47. The minimum absolute atomic E-state index is 0.360. The molecule has 0 aliphatic rings. The molecule has 6 rings (SSSR count). The van der Waals surface area contributed by atoms with Crippen molar-refractivity contribution in [1.29, 1.82) is 0 Å². The van der Waals surface area contributed by atoms with Gasteiger partial charge in [0, 0.05) is 55.6 Å². The van der Waals surface area contributed by atoms with Crippen LogP contribution in [0.15, 0.2) is 73.4 Å². The maximum absolute atomic E-state index is 12.3. The number of H-pyrrole nitrogens is 2. The van der Waals surface area contributed by atoms with Crippen LogP contribution in [-0.2, 0) is 0 Å². The molecular formula is C26H22N10O. The Labute approximate surface area is 211 Å². The molecule has 2 amide bonds. The normalized spacial score (nSPS) is 11.2. The Morgan fingerprint density at radius 1 is 0.946 bits per heavy atom. The number of para-hydroxylation sites is 1. The van der Waals surface area contributed by atoms with Crippen molar-refractivity contribution >= 4 is 33.8 Å². The van der Waals surface area contributed by atoms with Crippen LogP contribution < -0.4 is 10.9 Å². The molecule has 1 aromatic carbocycles. The smallest absolute Gasteiger partial charge is 0.337 e. The highest BCUT2D eigenvalue weighted by Gasteiger charge is 2.18. The zero-order valence-corrected chi connectivity index (χ0v) is 20.0. The van der Waals surface area contributed by atoms with Gasteiger partial charge < -0.3 is 9.88 Å². The Morgan fingerprint density at radius 2 is 1.76 bits per heavy atom. The molecule has 0 saturated carbocycles. The van der Waals surface area contributed by atoms with Crippen molar-refractivity contribution in [2.75, 3.05) is 19.1 Å². The number of carbonyl (C=O) groups excluding carboxylic acids is 1. The zero-order chi connectivity index (χ0) is 25.5. The summed E-state index contributed by atoms with van der Waals surface area (Å²) < 4.78 is 0. The van der Waals surface area contributed by atoms with Crippen molar-refractivity contribution in [2.24, 2.45) is 5.84 Å². The molecule has 0 aliphatic carbocycles. The van der Waals surface area contributed by atoms with E-state index in [0.29, 0.717) is 22.9 Å². The van der Waals surface area contributed by atoms with E-state index in [1.807, 2.05) is 36.4 Å². The van der Waals surface area contributed by atoms with E-state index in [2.05, 4.69) is 30.1 Å². The molecule has 0 bridgehead atoms. The van der Waals surface area contributed by atoms with E-state index >= 15 is 0 Å². The summed E-state index contributed by atoms with van der Waals surface area (Å²) in [6.45, 7) is 0. The van der Waals surface area contributed by atoms with E-state index in [-0.39, 0.29) is 6.03 Å². The highest BCUT2D eigenvalue weighted by atomic mass is 16.2. The van der Waals surface area contributed by atoms with Gasteiger partial charge in [-0.3, -0.25) is 15.1 Å². The van der Waals surface area contributed by atoms with Gasteiger partial charge in [0.15, 0.2) is 11.5 Å². The molecule has 182 valence electrons. The number of nitrogens with zero attached hydrogens (tertiary/aromatic N) is 7. The lowest BCUT2D eigenvalue weighted by Crippen LogP contribution is -2.44. The number of imidazole rings is 1. The molecule has 0 radical (unpaired) electrons. The van der Waals surface area contributed by atoms with E-state index in [0.717, 1.165) is 43.7 Å². The van der Waals surface area contributed by atoms with Crippen LogP contribution in [-0.4, -0.2) is 60.1 Å². The summed E-state index contributed by atoms with van der Waals surface area (Å²) in [6, 6.07) is 13.3. The van der Waals surface area contributed by atoms with Gasteiger partial charge in [-0.2, -0.15) is 5.10 Å². The van der Waals surface area contributed by atoms with Gasteiger partial charge in [0.25, 0.3) is 0 Å². The number of hydrazine groups is 1. The molecule has 0 unspecified atom stereocenters. The lowest BCUT2D eigenvalue weighted by atomic mass is 10.1. The van der Waals surface area contributed by atoms with Crippen LogP contribution in [0, 0.1) is 0 Å². The Balaban J connectivity index is 1.42. The van der Waals surface area contributed by atoms with Crippen LogP contribution >= 0.6 is 0 Å². The number of hydrogen-bond donors (Lipinski definition) is 3. The molecule has 5 heterocycles. The molecule has 0 spiro atoms. The van der Waals surface area contributed by atoms with E-state index < -0.39 is 0 Å². The molecule has 0 fully saturated rings. The van der Waals surface area contributed by atoms with Gasteiger partial charge in [0.2, 0.25) is 0 Å². The monoisotopic (exact) mass is 490 g/mol. The van der Waals surface area contributed by atoms with Crippen LogP contribution in [0.25, 0.3) is 55.8 Å². The second-order valence-electron chi connectivity index (χ2n) is 8.70. The van der Waals surface area contributed by atoms with Crippen molar-refractivity contribution in [1.82, 2.24) is 40.0 Å². The highest BCUT2D eigenvalue weighted by Crippen LogP contribution is 2.32. The fourth-order valence-electron chi connectivity index (χ4n) is 4.20. The number of aromatic amines is 2. The minimum atomic E-state index is -0.360. The van der Waals surface area contributed by atoms with E-state index in [1.165, 1.54) is 11.1 Å². The lowest BCUT2D eigenvalue weighted by Gasteiger charge is -2.21. The number of carbonyl (C=O) groups is 1. The van der Waals surface area contributed by atoms with Gasteiger partial charge in [0.1, 0.15) is 5.69 Å².